The molecule has 274 valence electrons. The van der Waals surface area contributed by atoms with Crippen LogP contribution in [-0.4, -0.2) is 0 Å². The van der Waals surface area contributed by atoms with E-state index in [0.717, 1.165) is 51.0 Å². The molecule has 0 fully saturated rings. The second kappa shape index (κ2) is 12.4. The molecule has 0 N–H and O–H groups in total. The fraction of sp³-hybridized carbons (Fsp3) is 0.185. The van der Waals surface area contributed by atoms with E-state index in [0.29, 0.717) is 5.92 Å². The van der Waals surface area contributed by atoms with Gasteiger partial charge in [0.15, 0.2) is 5.58 Å². The summed E-state index contributed by atoms with van der Waals surface area (Å²) in [6.45, 7) is 18.9. The number of fused-ring (bicyclic) bond motifs is 11. The molecule has 2 aliphatic rings. The van der Waals surface area contributed by atoms with E-state index in [4.69, 9.17) is 11.0 Å². The lowest BCUT2D eigenvalue weighted by Crippen LogP contribution is -2.22. The molecule has 10 rings (SSSR count). The minimum absolute atomic E-state index is 0.153. The summed E-state index contributed by atoms with van der Waals surface area (Å²) < 4.78 is 6.76. The van der Waals surface area contributed by atoms with Crippen molar-refractivity contribution < 1.29 is 4.42 Å². The SMILES string of the molecule is C=C1/C=C2\C(=C/Cc3c(cc(N(c4ccc(C(C)C)cc4)c4cccc5c4oc4ccccc45)c4ccccc34)C1(C)C)C(C)(C)c1ccc3ccccc3c12. The van der Waals surface area contributed by atoms with Crippen LogP contribution in [0.1, 0.15) is 75.3 Å². The first kappa shape index (κ1) is 34.4. The van der Waals surface area contributed by atoms with Gasteiger partial charge in [-0.2, -0.15) is 0 Å². The van der Waals surface area contributed by atoms with Crippen LogP contribution in [0.15, 0.2) is 168 Å². The molecule has 2 heteroatoms. The molecule has 0 amide bonds. The number of hydrogen-bond donors (Lipinski definition) is 0. The summed E-state index contributed by atoms with van der Waals surface area (Å²) in [5.74, 6) is 0.432. The quantitative estimate of drug-likeness (QED) is 0.180. The first-order valence-electron chi connectivity index (χ1n) is 20.0. The van der Waals surface area contributed by atoms with Gasteiger partial charge in [0, 0.05) is 32.7 Å². The monoisotopic (exact) mass is 725 g/mol. The lowest BCUT2D eigenvalue weighted by Gasteiger charge is -2.33. The Morgan fingerprint density at radius 1 is 0.625 bits per heavy atom. The normalized spacial score (nSPS) is 17.8. The second-order valence-electron chi connectivity index (χ2n) is 17.2. The highest BCUT2D eigenvalue weighted by molar-refractivity contribution is 6.12. The van der Waals surface area contributed by atoms with Crippen molar-refractivity contribution in [2.24, 2.45) is 0 Å². The van der Waals surface area contributed by atoms with Crippen molar-refractivity contribution in [1.82, 2.24) is 0 Å². The Morgan fingerprint density at radius 2 is 1.30 bits per heavy atom. The van der Waals surface area contributed by atoms with E-state index in [1.165, 1.54) is 60.5 Å². The lowest BCUT2D eigenvalue weighted by atomic mass is 9.74. The van der Waals surface area contributed by atoms with Gasteiger partial charge in [-0.05, 0) is 103 Å². The smallest absolute Gasteiger partial charge is 0.159 e. The van der Waals surface area contributed by atoms with E-state index in [1.807, 2.05) is 6.07 Å². The van der Waals surface area contributed by atoms with Crippen molar-refractivity contribution in [1.29, 1.82) is 0 Å². The topological polar surface area (TPSA) is 16.4 Å². The maximum Gasteiger partial charge on any atom is 0.159 e. The van der Waals surface area contributed by atoms with Gasteiger partial charge < -0.3 is 9.32 Å². The Morgan fingerprint density at radius 3 is 2.07 bits per heavy atom. The molecule has 1 heterocycles. The second-order valence-corrected chi connectivity index (χ2v) is 17.2. The van der Waals surface area contributed by atoms with Crippen LogP contribution in [0.4, 0.5) is 17.1 Å². The summed E-state index contributed by atoms with van der Waals surface area (Å²) in [5.41, 5.74) is 15.0. The Hall–Kier alpha value is -6.12. The predicted molar refractivity (Wildman–Crippen MR) is 239 cm³/mol. The van der Waals surface area contributed by atoms with Gasteiger partial charge in [-0.15, -0.1) is 0 Å². The van der Waals surface area contributed by atoms with Crippen LogP contribution in [0.5, 0.6) is 0 Å². The molecular weight excluding hydrogens is 679 g/mol. The van der Waals surface area contributed by atoms with Gasteiger partial charge in [-0.3, -0.25) is 0 Å². The standard InChI is InChI=1S/C54H47NO/c1-33(2)35-23-26-37(27-24-35)55(48-21-14-20-43-42-19-12-13-22-50(42)56-52(43)48)49-32-47-40(39-17-10-11-18-41(39)49)28-30-45-44(31-34(3)53(47,4)5)51-38-16-9-8-15-36(38)25-29-46(51)54(45,6)7/h8-27,29-33H,3,28H2,1-2,4-7H3/b44-31+,45-30+. The number of benzene rings is 7. The van der Waals surface area contributed by atoms with Crippen molar-refractivity contribution in [3.05, 3.63) is 191 Å². The molecule has 0 atom stereocenters. The van der Waals surface area contributed by atoms with Crippen LogP contribution in [0.3, 0.4) is 0 Å². The Bertz CT molecular complexity index is 2980. The van der Waals surface area contributed by atoms with E-state index >= 15 is 0 Å². The van der Waals surface area contributed by atoms with Crippen molar-refractivity contribution in [2.45, 2.75) is 64.7 Å². The third kappa shape index (κ3) is 5.01. The van der Waals surface area contributed by atoms with Crippen molar-refractivity contribution in [3.63, 3.8) is 0 Å². The third-order valence-corrected chi connectivity index (χ3v) is 13.0. The van der Waals surface area contributed by atoms with E-state index in [9.17, 15) is 0 Å². The first-order valence-corrected chi connectivity index (χ1v) is 20.0. The van der Waals surface area contributed by atoms with Gasteiger partial charge in [0.25, 0.3) is 0 Å². The molecule has 56 heavy (non-hydrogen) atoms. The number of para-hydroxylation sites is 2. The van der Waals surface area contributed by atoms with Crippen molar-refractivity contribution >= 4 is 66.1 Å². The average Bonchev–Trinajstić information content (AvgIpc) is 3.70. The molecule has 0 saturated carbocycles. The number of anilines is 3. The van der Waals surface area contributed by atoms with Crippen LogP contribution < -0.4 is 4.90 Å². The fourth-order valence-electron chi connectivity index (χ4n) is 9.65. The maximum absolute atomic E-state index is 6.76. The van der Waals surface area contributed by atoms with E-state index in [1.54, 1.807) is 0 Å². The first-order chi connectivity index (χ1) is 27.0. The van der Waals surface area contributed by atoms with E-state index in [2.05, 4.69) is 186 Å². The number of hydrogen-bond acceptors (Lipinski definition) is 2. The number of nitrogens with zero attached hydrogens (tertiary/aromatic N) is 1. The Balaban J connectivity index is 1.25. The summed E-state index contributed by atoms with van der Waals surface area (Å²) in [5, 5.41) is 7.29. The highest BCUT2D eigenvalue weighted by Crippen LogP contribution is 2.55. The van der Waals surface area contributed by atoms with Crippen LogP contribution >= 0.6 is 0 Å². The zero-order valence-corrected chi connectivity index (χ0v) is 33.2. The maximum atomic E-state index is 6.76. The number of allylic oxidation sites excluding steroid dienone is 5. The third-order valence-electron chi connectivity index (χ3n) is 13.0. The predicted octanol–water partition coefficient (Wildman–Crippen LogP) is 15.2. The Kier molecular flexibility index (Phi) is 7.64. The minimum Gasteiger partial charge on any atom is -0.454 e. The summed E-state index contributed by atoms with van der Waals surface area (Å²) in [6, 6.07) is 49.0. The Labute approximate surface area is 330 Å². The summed E-state index contributed by atoms with van der Waals surface area (Å²) in [4.78, 5) is 2.43. The zero-order chi connectivity index (χ0) is 38.5. The highest BCUT2D eigenvalue weighted by atomic mass is 16.3. The molecule has 0 radical (unpaired) electrons. The molecule has 2 nitrogen and oxygen atoms in total. The molecule has 0 bridgehead atoms. The van der Waals surface area contributed by atoms with Gasteiger partial charge >= 0.3 is 0 Å². The summed E-state index contributed by atoms with van der Waals surface area (Å²) >= 11 is 0. The molecular formula is C54H47NO. The molecule has 7 aromatic carbocycles. The molecule has 8 aromatic rings. The van der Waals surface area contributed by atoms with Gasteiger partial charge in [-0.25, -0.2) is 0 Å². The highest BCUT2D eigenvalue weighted by Gasteiger charge is 2.41. The van der Waals surface area contributed by atoms with E-state index in [-0.39, 0.29) is 10.8 Å². The van der Waals surface area contributed by atoms with Crippen LogP contribution in [0.2, 0.25) is 0 Å². The summed E-state index contributed by atoms with van der Waals surface area (Å²) in [6.07, 6.45) is 5.75. The lowest BCUT2D eigenvalue weighted by molar-refractivity contribution is 0.637. The van der Waals surface area contributed by atoms with Gasteiger partial charge in [0.2, 0.25) is 0 Å². The molecule has 2 aliphatic carbocycles. The molecule has 0 spiro atoms. The van der Waals surface area contributed by atoms with Crippen molar-refractivity contribution in [2.75, 3.05) is 4.90 Å². The minimum atomic E-state index is -0.388. The molecule has 0 unspecified atom stereocenters. The van der Waals surface area contributed by atoms with E-state index < -0.39 is 0 Å². The number of furan rings is 1. The average molecular weight is 726 g/mol. The van der Waals surface area contributed by atoms with Crippen LogP contribution in [0, 0.1) is 0 Å². The number of rotatable bonds is 4. The fourth-order valence-corrected chi connectivity index (χ4v) is 9.65. The van der Waals surface area contributed by atoms with Crippen LogP contribution in [0.25, 0.3) is 49.1 Å². The van der Waals surface area contributed by atoms with Crippen LogP contribution in [-0.2, 0) is 17.3 Å². The largest absolute Gasteiger partial charge is 0.454 e. The summed E-state index contributed by atoms with van der Waals surface area (Å²) in [7, 11) is 0. The molecule has 0 saturated heterocycles. The molecule has 0 aliphatic heterocycles. The zero-order valence-electron chi connectivity index (χ0n) is 33.2. The van der Waals surface area contributed by atoms with Gasteiger partial charge in [0.1, 0.15) is 5.58 Å². The molecule has 1 aromatic heterocycles. The van der Waals surface area contributed by atoms with Crippen molar-refractivity contribution in [3.8, 4) is 0 Å². The van der Waals surface area contributed by atoms with Gasteiger partial charge in [0.05, 0.1) is 11.4 Å². The van der Waals surface area contributed by atoms with Gasteiger partial charge in [-0.1, -0.05) is 163 Å².